The van der Waals surface area contributed by atoms with Crippen LogP contribution in [-0.4, -0.2) is 51.4 Å². The Bertz CT molecular complexity index is 935. The highest BCUT2D eigenvalue weighted by Crippen LogP contribution is 2.30. The van der Waals surface area contributed by atoms with Crippen molar-refractivity contribution in [2.45, 2.75) is 31.8 Å². The van der Waals surface area contributed by atoms with Crippen molar-refractivity contribution >= 4 is 28.1 Å². The number of thiazole rings is 1. The first-order chi connectivity index (χ1) is 13.3. The lowest BCUT2D eigenvalue weighted by molar-refractivity contribution is -0.140. The maximum Gasteiger partial charge on any atom is 0.227 e. The minimum Gasteiger partial charge on any atom is -0.361 e. The molecule has 2 bridgehead atoms. The van der Waals surface area contributed by atoms with E-state index in [1.165, 1.54) is 16.5 Å². The van der Waals surface area contributed by atoms with Crippen LogP contribution in [0.25, 0.3) is 10.9 Å². The Morgan fingerprint density at radius 1 is 1.22 bits per heavy atom. The van der Waals surface area contributed by atoms with Gasteiger partial charge < -0.3 is 14.8 Å². The van der Waals surface area contributed by atoms with Crippen molar-refractivity contribution in [1.29, 1.82) is 0 Å². The van der Waals surface area contributed by atoms with Gasteiger partial charge in [0.2, 0.25) is 5.91 Å². The van der Waals surface area contributed by atoms with Gasteiger partial charge in [0.1, 0.15) is 0 Å². The van der Waals surface area contributed by atoms with Crippen molar-refractivity contribution < 1.29 is 4.79 Å². The third-order valence-corrected chi connectivity index (χ3v) is 6.69. The van der Waals surface area contributed by atoms with Crippen LogP contribution < -0.4 is 0 Å². The Morgan fingerprint density at radius 2 is 2.15 bits per heavy atom. The number of aromatic nitrogens is 2. The van der Waals surface area contributed by atoms with Crippen LogP contribution in [0.5, 0.6) is 0 Å². The largest absolute Gasteiger partial charge is 0.361 e. The molecule has 6 heteroatoms. The minimum absolute atomic E-state index is 0.144. The maximum atomic E-state index is 13.0. The van der Waals surface area contributed by atoms with Crippen LogP contribution in [-0.2, 0) is 17.8 Å². The number of H-pyrrole nitrogens is 1. The standard InChI is InChI=1S/C21H24N4OS/c26-21-16-5-6-18(25(21)11-17-13-27-14-23-17)12-24(10-16)8-7-15-9-22-20-4-2-1-3-19(15)20/h1-4,9,13-14,16,18,22H,5-8,10-12H2/t16-,18+/m0/s1. The van der Waals surface area contributed by atoms with E-state index < -0.39 is 0 Å². The number of benzene rings is 1. The fourth-order valence-corrected chi connectivity index (χ4v) is 5.18. The first-order valence-corrected chi connectivity index (χ1v) is 10.7. The van der Waals surface area contributed by atoms with Gasteiger partial charge in [-0.2, -0.15) is 0 Å². The number of para-hydroxylation sites is 1. The molecule has 5 nitrogen and oxygen atoms in total. The van der Waals surface area contributed by atoms with Crippen LogP contribution >= 0.6 is 11.3 Å². The Hall–Kier alpha value is -2.18. The zero-order chi connectivity index (χ0) is 18.2. The van der Waals surface area contributed by atoms with Crippen molar-refractivity contribution in [3.8, 4) is 0 Å². The van der Waals surface area contributed by atoms with Gasteiger partial charge in [-0.05, 0) is 30.9 Å². The van der Waals surface area contributed by atoms with Crippen molar-refractivity contribution in [3.05, 3.63) is 52.6 Å². The van der Waals surface area contributed by atoms with E-state index in [4.69, 9.17) is 0 Å². The molecule has 3 saturated heterocycles. The third-order valence-electron chi connectivity index (χ3n) is 6.06. The number of fused-ring (bicyclic) bond motifs is 5. The first kappa shape index (κ1) is 17.0. The maximum absolute atomic E-state index is 13.0. The number of carbonyl (C=O) groups excluding carboxylic acids is 1. The second-order valence-electron chi connectivity index (χ2n) is 7.74. The van der Waals surface area contributed by atoms with Crippen LogP contribution in [0.3, 0.4) is 0 Å². The van der Waals surface area contributed by atoms with Crippen molar-refractivity contribution in [3.63, 3.8) is 0 Å². The van der Waals surface area contributed by atoms with Crippen LogP contribution in [0.4, 0.5) is 0 Å². The number of piperidine rings is 1. The van der Waals surface area contributed by atoms with Crippen LogP contribution in [0, 0.1) is 5.92 Å². The Balaban J connectivity index is 1.29. The molecular weight excluding hydrogens is 356 g/mol. The van der Waals surface area contributed by atoms with Gasteiger partial charge in [-0.3, -0.25) is 4.79 Å². The van der Waals surface area contributed by atoms with Gasteiger partial charge in [0.05, 0.1) is 23.7 Å². The second kappa shape index (κ2) is 7.09. The molecule has 0 radical (unpaired) electrons. The van der Waals surface area contributed by atoms with Gasteiger partial charge in [-0.25, -0.2) is 4.98 Å². The Labute approximate surface area is 163 Å². The molecule has 140 valence electrons. The molecule has 27 heavy (non-hydrogen) atoms. The number of nitrogens with one attached hydrogen (secondary N) is 1. The van der Waals surface area contributed by atoms with Gasteiger partial charge in [0, 0.05) is 48.2 Å². The molecule has 1 amide bonds. The highest BCUT2D eigenvalue weighted by atomic mass is 32.1. The predicted octanol–water partition coefficient (Wildman–Crippen LogP) is 3.29. The van der Waals surface area contributed by atoms with Crippen molar-refractivity contribution in [1.82, 2.24) is 19.8 Å². The van der Waals surface area contributed by atoms with E-state index in [0.29, 0.717) is 18.5 Å². The lowest BCUT2D eigenvalue weighted by Crippen LogP contribution is -2.47. The molecule has 3 aliphatic rings. The molecule has 5 heterocycles. The zero-order valence-electron chi connectivity index (χ0n) is 15.3. The average molecular weight is 381 g/mol. The van der Waals surface area contributed by atoms with Crippen LogP contribution in [0.15, 0.2) is 41.4 Å². The third kappa shape index (κ3) is 3.28. The van der Waals surface area contributed by atoms with Crippen LogP contribution in [0.2, 0.25) is 0 Å². The molecule has 6 rings (SSSR count). The monoisotopic (exact) mass is 380 g/mol. The number of hydrogen-bond acceptors (Lipinski definition) is 4. The normalized spacial score (nSPS) is 23.3. The van der Waals surface area contributed by atoms with E-state index in [0.717, 1.165) is 44.6 Å². The molecule has 0 saturated carbocycles. The molecule has 3 aromatic rings. The number of aromatic amines is 1. The number of carbonyl (C=O) groups is 1. The average Bonchev–Trinajstić information content (AvgIpc) is 3.27. The molecule has 2 aromatic heterocycles. The summed E-state index contributed by atoms with van der Waals surface area (Å²) < 4.78 is 0. The van der Waals surface area contributed by atoms with Crippen molar-refractivity contribution in [2.24, 2.45) is 5.92 Å². The highest BCUT2D eigenvalue weighted by molar-refractivity contribution is 7.07. The van der Waals surface area contributed by atoms with Crippen LogP contribution in [0.1, 0.15) is 24.1 Å². The Morgan fingerprint density at radius 3 is 3.04 bits per heavy atom. The fraction of sp³-hybridized carbons (Fsp3) is 0.429. The Kier molecular flexibility index (Phi) is 4.45. The summed E-state index contributed by atoms with van der Waals surface area (Å²) in [5.74, 6) is 0.471. The fourth-order valence-electron chi connectivity index (χ4n) is 4.63. The van der Waals surface area contributed by atoms with Gasteiger partial charge in [0.15, 0.2) is 0 Å². The number of hydrogen-bond donors (Lipinski definition) is 1. The summed E-state index contributed by atoms with van der Waals surface area (Å²) >= 11 is 1.60. The molecule has 0 aliphatic carbocycles. The molecule has 1 N–H and O–H groups in total. The minimum atomic E-state index is 0.144. The van der Waals surface area contributed by atoms with E-state index in [-0.39, 0.29) is 5.92 Å². The molecular formula is C21H24N4OS. The summed E-state index contributed by atoms with van der Waals surface area (Å²) in [6, 6.07) is 8.80. The number of amides is 1. The predicted molar refractivity (Wildman–Crippen MR) is 108 cm³/mol. The van der Waals surface area contributed by atoms with E-state index >= 15 is 0 Å². The number of nitrogens with zero attached hydrogens (tertiary/aromatic N) is 3. The highest BCUT2D eigenvalue weighted by Gasteiger charge is 2.40. The first-order valence-electron chi connectivity index (χ1n) is 9.73. The molecule has 0 unspecified atom stereocenters. The topological polar surface area (TPSA) is 52.2 Å². The van der Waals surface area contributed by atoms with Gasteiger partial charge in [-0.15, -0.1) is 11.3 Å². The summed E-state index contributed by atoms with van der Waals surface area (Å²) in [5.41, 5.74) is 5.44. The SMILES string of the molecule is O=C1[C@H]2CC[C@H](CN(CCc3c[nH]c4ccccc34)C2)N1Cc1cscn1. The van der Waals surface area contributed by atoms with E-state index in [1.807, 2.05) is 5.51 Å². The zero-order valence-corrected chi connectivity index (χ0v) is 16.1. The summed E-state index contributed by atoms with van der Waals surface area (Å²) in [6.45, 7) is 3.55. The van der Waals surface area contributed by atoms with Crippen molar-refractivity contribution in [2.75, 3.05) is 19.6 Å². The molecule has 3 aliphatic heterocycles. The van der Waals surface area contributed by atoms with Gasteiger partial charge in [-0.1, -0.05) is 18.2 Å². The lowest BCUT2D eigenvalue weighted by atomic mass is 9.94. The molecule has 3 fully saturated rings. The van der Waals surface area contributed by atoms with Gasteiger partial charge >= 0.3 is 0 Å². The van der Waals surface area contributed by atoms with E-state index in [9.17, 15) is 4.79 Å². The lowest BCUT2D eigenvalue weighted by Gasteiger charge is -2.35. The summed E-state index contributed by atoms with van der Waals surface area (Å²) in [5, 5.41) is 3.37. The quantitative estimate of drug-likeness (QED) is 0.739. The van der Waals surface area contributed by atoms with Gasteiger partial charge in [0.25, 0.3) is 0 Å². The van der Waals surface area contributed by atoms with E-state index in [1.54, 1.807) is 11.3 Å². The molecule has 1 aromatic carbocycles. The summed E-state index contributed by atoms with van der Waals surface area (Å²) in [7, 11) is 0. The smallest absolute Gasteiger partial charge is 0.227 e. The second-order valence-corrected chi connectivity index (χ2v) is 8.46. The summed E-state index contributed by atoms with van der Waals surface area (Å²) in [4.78, 5) is 25.3. The summed E-state index contributed by atoms with van der Waals surface area (Å²) in [6.07, 6.45) is 5.30. The van der Waals surface area contributed by atoms with E-state index in [2.05, 4.69) is 55.6 Å². The molecule has 0 spiro atoms. The number of rotatable bonds is 5. The molecule has 2 atom stereocenters.